The summed E-state index contributed by atoms with van der Waals surface area (Å²) in [5.74, 6) is -0.356. The average molecular weight is 207 g/mol. The van der Waals surface area contributed by atoms with Crippen LogP contribution < -0.4 is 0 Å². The van der Waals surface area contributed by atoms with Gasteiger partial charge in [0, 0.05) is 21.1 Å². The smallest absolute Gasteiger partial charge is 0.241 e. The lowest BCUT2D eigenvalue weighted by Gasteiger charge is -2.20. The minimum Gasteiger partial charge on any atom is -0.347 e. The van der Waals surface area contributed by atoms with Crippen molar-refractivity contribution in [2.75, 3.05) is 27.7 Å². The van der Waals surface area contributed by atoms with Crippen LogP contribution >= 0.6 is 11.6 Å². The predicted molar refractivity (Wildman–Crippen MR) is 51.6 cm³/mol. The molecule has 0 rings (SSSR count). The second-order valence-corrected chi connectivity index (χ2v) is 3.75. The van der Waals surface area contributed by atoms with E-state index in [2.05, 4.69) is 0 Å². The number of likely N-dealkylation sites (N-methyl/N-ethyl adjacent to an activating group) is 2. The van der Waals surface area contributed by atoms with Crippen LogP contribution in [-0.4, -0.2) is 54.7 Å². The highest BCUT2D eigenvalue weighted by Gasteiger charge is 2.17. The monoisotopic (exact) mass is 206 g/mol. The minimum absolute atomic E-state index is 0.0723. The van der Waals surface area contributed by atoms with Gasteiger partial charge in [0.1, 0.15) is 5.38 Å². The number of carbonyl (C=O) groups excluding carboxylic acids is 2. The number of rotatable bonds is 3. The van der Waals surface area contributed by atoms with Gasteiger partial charge < -0.3 is 9.80 Å². The molecular weight excluding hydrogens is 192 g/mol. The number of hydrogen-bond donors (Lipinski definition) is 0. The van der Waals surface area contributed by atoms with Crippen LogP contribution in [0.1, 0.15) is 6.92 Å². The maximum Gasteiger partial charge on any atom is 0.241 e. The molecule has 0 bridgehead atoms. The molecule has 0 aliphatic carbocycles. The fourth-order valence-electron chi connectivity index (χ4n) is 0.726. The number of alkyl halides is 1. The molecule has 0 aromatic heterocycles. The Kier molecular flexibility index (Phi) is 4.77. The van der Waals surface area contributed by atoms with Gasteiger partial charge in [-0.2, -0.15) is 0 Å². The molecule has 0 saturated heterocycles. The van der Waals surface area contributed by atoms with E-state index in [4.69, 9.17) is 11.6 Å². The molecule has 0 aromatic rings. The van der Waals surface area contributed by atoms with Crippen molar-refractivity contribution >= 4 is 23.4 Å². The summed E-state index contributed by atoms with van der Waals surface area (Å²) in [6.45, 7) is 1.66. The number of hydrogen-bond acceptors (Lipinski definition) is 2. The van der Waals surface area contributed by atoms with Crippen molar-refractivity contribution in [3.8, 4) is 0 Å². The molecule has 0 radical (unpaired) electrons. The Morgan fingerprint density at radius 1 is 1.31 bits per heavy atom. The van der Waals surface area contributed by atoms with Crippen molar-refractivity contribution in [2.24, 2.45) is 0 Å². The van der Waals surface area contributed by atoms with Gasteiger partial charge in [0.05, 0.1) is 6.54 Å². The first-order valence-electron chi connectivity index (χ1n) is 3.95. The van der Waals surface area contributed by atoms with Crippen LogP contribution in [0, 0.1) is 0 Å². The molecule has 0 N–H and O–H groups in total. The Bertz CT molecular complexity index is 204. The van der Waals surface area contributed by atoms with Crippen LogP contribution in [0.25, 0.3) is 0 Å². The van der Waals surface area contributed by atoms with Gasteiger partial charge >= 0.3 is 0 Å². The highest BCUT2D eigenvalue weighted by atomic mass is 35.5. The Balaban J connectivity index is 4.08. The highest BCUT2D eigenvalue weighted by Crippen LogP contribution is 1.99. The molecule has 0 spiro atoms. The van der Waals surface area contributed by atoms with E-state index < -0.39 is 5.38 Å². The van der Waals surface area contributed by atoms with E-state index in [0.29, 0.717) is 0 Å². The van der Waals surface area contributed by atoms with Gasteiger partial charge in [-0.05, 0) is 6.92 Å². The maximum atomic E-state index is 11.2. The molecule has 5 heteroatoms. The molecule has 0 fully saturated rings. The zero-order valence-corrected chi connectivity index (χ0v) is 9.13. The largest absolute Gasteiger partial charge is 0.347 e. The van der Waals surface area contributed by atoms with E-state index in [1.807, 2.05) is 0 Å². The maximum absolute atomic E-state index is 11.2. The molecule has 0 saturated carbocycles. The van der Waals surface area contributed by atoms with E-state index in [1.165, 1.54) is 9.80 Å². The third kappa shape index (κ3) is 4.12. The fraction of sp³-hybridized carbons (Fsp3) is 0.750. The first kappa shape index (κ1) is 12.2. The average Bonchev–Trinajstić information content (AvgIpc) is 2.02. The van der Waals surface area contributed by atoms with Gasteiger partial charge in [-0.1, -0.05) is 0 Å². The lowest BCUT2D eigenvalue weighted by atomic mass is 10.4. The van der Waals surface area contributed by atoms with Gasteiger partial charge in [-0.25, -0.2) is 0 Å². The SMILES string of the molecule is CC(Cl)C(=O)N(C)CC(=O)N(C)C. The van der Waals surface area contributed by atoms with Crippen molar-refractivity contribution in [1.29, 1.82) is 0 Å². The molecule has 1 atom stereocenters. The van der Waals surface area contributed by atoms with Gasteiger partial charge in [0.15, 0.2) is 0 Å². The summed E-state index contributed by atoms with van der Waals surface area (Å²) in [5, 5.41) is -0.583. The molecule has 13 heavy (non-hydrogen) atoms. The van der Waals surface area contributed by atoms with Crippen molar-refractivity contribution in [3.63, 3.8) is 0 Å². The summed E-state index contributed by atoms with van der Waals surface area (Å²) in [6, 6.07) is 0. The topological polar surface area (TPSA) is 40.6 Å². The van der Waals surface area contributed by atoms with Crippen molar-refractivity contribution in [3.05, 3.63) is 0 Å². The Hall–Kier alpha value is -0.770. The van der Waals surface area contributed by atoms with Crippen LogP contribution in [0.3, 0.4) is 0 Å². The van der Waals surface area contributed by atoms with E-state index >= 15 is 0 Å². The van der Waals surface area contributed by atoms with Crippen LogP contribution in [0.5, 0.6) is 0 Å². The summed E-state index contributed by atoms with van der Waals surface area (Å²) in [7, 11) is 4.85. The minimum atomic E-state index is -0.583. The third-order valence-electron chi connectivity index (χ3n) is 1.59. The highest BCUT2D eigenvalue weighted by molar-refractivity contribution is 6.30. The number of nitrogens with zero attached hydrogens (tertiary/aromatic N) is 2. The molecule has 2 amide bonds. The first-order chi connectivity index (χ1) is 5.86. The molecule has 0 heterocycles. The molecule has 76 valence electrons. The summed E-state index contributed by atoms with van der Waals surface area (Å²) in [5.41, 5.74) is 0. The fourth-order valence-corrected chi connectivity index (χ4v) is 0.893. The summed E-state index contributed by atoms with van der Waals surface area (Å²) in [6.07, 6.45) is 0. The van der Waals surface area contributed by atoms with E-state index in [0.717, 1.165) is 0 Å². The normalized spacial score (nSPS) is 12.1. The van der Waals surface area contributed by atoms with E-state index in [9.17, 15) is 9.59 Å². The first-order valence-corrected chi connectivity index (χ1v) is 4.39. The second-order valence-electron chi connectivity index (χ2n) is 3.10. The van der Waals surface area contributed by atoms with Crippen molar-refractivity contribution in [1.82, 2.24) is 9.80 Å². The van der Waals surface area contributed by atoms with Gasteiger partial charge in [-0.3, -0.25) is 9.59 Å². The van der Waals surface area contributed by atoms with Crippen molar-refractivity contribution in [2.45, 2.75) is 12.3 Å². The third-order valence-corrected chi connectivity index (χ3v) is 1.77. The predicted octanol–water partition coefficient (Wildman–Crippen LogP) is 0.160. The van der Waals surface area contributed by atoms with Gasteiger partial charge in [0.25, 0.3) is 0 Å². The van der Waals surface area contributed by atoms with Crippen LogP contribution in [0.15, 0.2) is 0 Å². The zero-order valence-electron chi connectivity index (χ0n) is 8.37. The van der Waals surface area contributed by atoms with Gasteiger partial charge in [0.2, 0.25) is 11.8 Å². The Morgan fingerprint density at radius 3 is 2.08 bits per heavy atom. The summed E-state index contributed by atoms with van der Waals surface area (Å²) < 4.78 is 0. The molecule has 0 aliphatic rings. The number of amides is 2. The second kappa shape index (κ2) is 5.07. The zero-order chi connectivity index (χ0) is 10.6. The van der Waals surface area contributed by atoms with Crippen molar-refractivity contribution < 1.29 is 9.59 Å². The van der Waals surface area contributed by atoms with Crippen LogP contribution in [0.4, 0.5) is 0 Å². The quantitative estimate of drug-likeness (QED) is 0.618. The van der Waals surface area contributed by atoms with Gasteiger partial charge in [-0.15, -0.1) is 11.6 Å². The Labute approximate surface area is 83.4 Å². The molecule has 0 aliphatic heterocycles. The summed E-state index contributed by atoms with van der Waals surface area (Å²) in [4.78, 5) is 25.1. The molecule has 4 nitrogen and oxygen atoms in total. The van der Waals surface area contributed by atoms with E-state index in [-0.39, 0.29) is 18.4 Å². The lowest BCUT2D eigenvalue weighted by molar-refractivity contribution is -0.137. The Morgan fingerprint density at radius 2 is 1.77 bits per heavy atom. The number of halogens is 1. The summed E-state index contributed by atoms with van der Waals surface area (Å²) >= 11 is 5.57. The lowest BCUT2D eigenvalue weighted by Crippen LogP contribution is -2.40. The number of carbonyl (C=O) groups is 2. The van der Waals surface area contributed by atoms with Crippen LogP contribution in [0.2, 0.25) is 0 Å². The van der Waals surface area contributed by atoms with Crippen LogP contribution in [-0.2, 0) is 9.59 Å². The molecule has 1 unspecified atom stereocenters. The molecule has 0 aromatic carbocycles. The van der Waals surface area contributed by atoms with E-state index in [1.54, 1.807) is 28.1 Å². The molecular formula is C8H15ClN2O2. The standard InChI is InChI=1S/C8H15ClN2O2/c1-6(9)8(13)11(4)5-7(12)10(2)3/h6H,5H2,1-4H3.